The molecule has 0 heterocycles. The van der Waals surface area contributed by atoms with Crippen molar-refractivity contribution >= 4 is 23.5 Å². The van der Waals surface area contributed by atoms with E-state index in [4.69, 9.17) is 10.00 Å². The zero-order valence-electron chi connectivity index (χ0n) is 17.8. The summed E-state index contributed by atoms with van der Waals surface area (Å²) >= 11 is 0. The maximum Gasteiger partial charge on any atom is 0.308 e. The van der Waals surface area contributed by atoms with E-state index in [1.807, 2.05) is 26.0 Å². The Bertz CT molecular complexity index is 1030. The number of nitrogens with zero attached hydrogens (tertiary/aromatic N) is 2. The molecule has 0 aromatic heterocycles. The number of ether oxygens (including phenoxy) is 1. The van der Waals surface area contributed by atoms with Gasteiger partial charge in [0, 0.05) is 24.8 Å². The molecule has 1 N–H and O–H groups in total. The van der Waals surface area contributed by atoms with Gasteiger partial charge in [-0.25, -0.2) is 8.78 Å². The highest BCUT2D eigenvalue weighted by atomic mass is 19.1. The summed E-state index contributed by atoms with van der Waals surface area (Å²) in [7, 11) is 0. The summed E-state index contributed by atoms with van der Waals surface area (Å²) in [5.74, 6) is -3.85. The summed E-state index contributed by atoms with van der Waals surface area (Å²) in [6.45, 7) is 3.23. The molecule has 9 heteroatoms. The first kappa shape index (κ1) is 24.5. The lowest BCUT2D eigenvalue weighted by Crippen LogP contribution is -2.36. The SMILES string of the molecule is Cc1cc(C)cc(N(CCC#N)C(=O)COC(=O)CCNC(=O)c2ccc(F)cc2F)c1. The molecule has 2 rings (SSSR count). The van der Waals surface area contributed by atoms with Crippen LogP contribution < -0.4 is 10.2 Å². The number of nitrogens with one attached hydrogen (secondary N) is 1. The molecule has 0 unspecified atom stereocenters. The number of benzene rings is 2. The Balaban J connectivity index is 1.87. The Labute approximate surface area is 184 Å². The number of halogens is 2. The standard InChI is InChI=1S/C23H23F2N3O4/c1-15-10-16(2)12-18(11-15)28(9-3-7-26)21(29)14-32-22(30)6-8-27-23(31)19-5-4-17(24)13-20(19)25/h4-5,10-13H,3,6,8-9,14H2,1-2H3,(H,27,31). The number of rotatable bonds is 9. The van der Waals surface area contributed by atoms with Gasteiger partial charge in [0.2, 0.25) is 0 Å². The van der Waals surface area contributed by atoms with E-state index >= 15 is 0 Å². The molecule has 0 aliphatic rings. The normalized spacial score (nSPS) is 10.2. The molecule has 0 atom stereocenters. The number of carbonyl (C=O) groups excluding carboxylic acids is 3. The number of esters is 1. The van der Waals surface area contributed by atoms with E-state index in [1.165, 1.54) is 4.90 Å². The van der Waals surface area contributed by atoms with Crippen LogP contribution in [0, 0.1) is 36.8 Å². The topological polar surface area (TPSA) is 99.5 Å². The van der Waals surface area contributed by atoms with Gasteiger partial charge >= 0.3 is 5.97 Å². The predicted molar refractivity (Wildman–Crippen MR) is 113 cm³/mol. The molecular weight excluding hydrogens is 420 g/mol. The molecule has 7 nitrogen and oxygen atoms in total. The van der Waals surface area contributed by atoms with Crippen molar-refractivity contribution in [3.05, 3.63) is 64.7 Å². The zero-order valence-corrected chi connectivity index (χ0v) is 17.8. The fourth-order valence-corrected chi connectivity index (χ4v) is 3.01. The quantitative estimate of drug-likeness (QED) is 0.600. The summed E-state index contributed by atoms with van der Waals surface area (Å²) in [6, 6.07) is 10.1. The molecular formula is C23H23F2N3O4. The first-order chi connectivity index (χ1) is 15.2. The third kappa shape index (κ3) is 7.16. The van der Waals surface area contributed by atoms with E-state index in [-0.39, 0.29) is 31.5 Å². The second-order valence-corrected chi connectivity index (χ2v) is 7.09. The van der Waals surface area contributed by atoms with E-state index in [0.29, 0.717) is 11.8 Å². The first-order valence-electron chi connectivity index (χ1n) is 9.85. The molecule has 32 heavy (non-hydrogen) atoms. The minimum atomic E-state index is -1.01. The lowest BCUT2D eigenvalue weighted by Gasteiger charge is -2.22. The Morgan fingerprint density at radius 3 is 2.41 bits per heavy atom. The van der Waals surface area contributed by atoms with Gasteiger partial charge in [-0.1, -0.05) is 6.07 Å². The molecule has 0 saturated heterocycles. The number of aryl methyl sites for hydroxylation is 2. The van der Waals surface area contributed by atoms with Gasteiger partial charge < -0.3 is 15.0 Å². The van der Waals surface area contributed by atoms with E-state index < -0.39 is 36.0 Å². The highest BCUT2D eigenvalue weighted by molar-refractivity contribution is 5.96. The van der Waals surface area contributed by atoms with Crippen molar-refractivity contribution in [1.29, 1.82) is 5.26 Å². The molecule has 168 valence electrons. The third-order valence-electron chi connectivity index (χ3n) is 4.41. The van der Waals surface area contributed by atoms with Gasteiger partial charge in [-0.2, -0.15) is 5.26 Å². The fraction of sp³-hybridized carbons (Fsp3) is 0.304. The highest BCUT2D eigenvalue weighted by Gasteiger charge is 2.18. The molecule has 2 aromatic rings. The lowest BCUT2D eigenvalue weighted by molar-refractivity contribution is -0.147. The average molecular weight is 443 g/mol. The second kappa shape index (κ2) is 11.6. The molecule has 0 radical (unpaired) electrons. The molecule has 0 spiro atoms. The fourth-order valence-electron chi connectivity index (χ4n) is 3.01. The first-order valence-corrected chi connectivity index (χ1v) is 9.85. The van der Waals surface area contributed by atoms with Crippen LogP contribution in [0.4, 0.5) is 14.5 Å². The van der Waals surface area contributed by atoms with Gasteiger partial charge in [0.25, 0.3) is 11.8 Å². The van der Waals surface area contributed by atoms with Crippen molar-refractivity contribution in [2.45, 2.75) is 26.7 Å². The maximum atomic E-state index is 13.6. The van der Waals surface area contributed by atoms with Crippen LogP contribution in [0.25, 0.3) is 0 Å². The van der Waals surface area contributed by atoms with E-state index in [2.05, 4.69) is 5.32 Å². The van der Waals surface area contributed by atoms with Gasteiger partial charge in [-0.3, -0.25) is 14.4 Å². The number of anilines is 1. The molecule has 0 saturated carbocycles. The van der Waals surface area contributed by atoms with E-state index in [0.717, 1.165) is 23.3 Å². The molecule has 0 bridgehead atoms. The highest BCUT2D eigenvalue weighted by Crippen LogP contribution is 2.19. The number of hydrogen-bond acceptors (Lipinski definition) is 5. The smallest absolute Gasteiger partial charge is 0.308 e. The van der Waals surface area contributed by atoms with Crippen molar-refractivity contribution in [2.75, 3.05) is 24.6 Å². The van der Waals surface area contributed by atoms with Crippen LogP contribution in [-0.4, -0.2) is 37.5 Å². The van der Waals surface area contributed by atoms with Crippen molar-refractivity contribution in [1.82, 2.24) is 5.32 Å². The summed E-state index contributed by atoms with van der Waals surface area (Å²) in [5.41, 5.74) is 2.14. The van der Waals surface area contributed by atoms with Gasteiger partial charge in [-0.15, -0.1) is 0 Å². The minimum absolute atomic E-state index is 0.110. The minimum Gasteiger partial charge on any atom is -0.455 e. The molecule has 0 fully saturated rings. The van der Waals surface area contributed by atoms with Crippen molar-refractivity contribution in [3.63, 3.8) is 0 Å². The van der Waals surface area contributed by atoms with Crippen LogP contribution in [0.1, 0.15) is 34.3 Å². The van der Waals surface area contributed by atoms with Crippen LogP contribution >= 0.6 is 0 Å². The summed E-state index contributed by atoms with van der Waals surface area (Å²) < 4.78 is 31.5. The Hall–Kier alpha value is -3.80. The van der Waals surface area contributed by atoms with Crippen LogP contribution in [0.2, 0.25) is 0 Å². The third-order valence-corrected chi connectivity index (χ3v) is 4.41. The lowest BCUT2D eigenvalue weighted by atomic mass is 10.1. The second-order valence-electron chi connectivity index (χ2n) is 7.09. The van der Waals surface area contributed by atoms with Crippen LogP contribution in [0.3, 0.4) is 0 Å². The number of amides is 2. The van der Waals surface area contributed by atoms with Gasteiger partial charge in [-0.05, 0) is 49.2 Å². The van der Waals surface area contributed by atoms with Crippen LogP contribution in [0.15, 0.2) is 36.4 Å². The van der Waals surface area contributed by atoms with Gasteiger partial charge in [0.1, 0.15) is 11.6 Å². The summed E-state index contributed by atoms with van der Waals surface area (Å²) in [6.07, 6.45) is -0.137. The van der Waals surface area contributed by atoms with Crippen molar-refractivity contribution in [3.8, 4) is 6.07 Å². The van der Waals surface area contributed by atoms with Gasteiger partial charge in [0.15, 0.2) is 6.61 Å². The maximum absolute atomic E-state index is 13.6. The number of hydrogen-bond donors (Lipinski definition) is 1. The van der Waals surface area contributed by atoms with Gasteiger partial charge in [0.05, 0.1) is 24.5 Å². The Morgan fingerprint density at radius 1 is 1.09 bits per heavy atom. The van der Waals surface area contributed by atoms with Crippen LogP contribution in [-0.2, 0) is 14.3 Å². The number of nitriles is 1. The van der Waals surface area contributed by atoms with E-state index in [9.17, 15) is 23.2 Å². The monoisotopic (exact) mass is 443 g/mol. The average Bonchev–Trinajstić information content (AvgIpc) is 2.71. The summed E-state index contributed by atoms with van der Waals surface area (Å²) in [5, 5.41) is 11.2. The Morgan fingerprint density at radius 2 is 1.78 bits per heavy atom. The zero-order chi connectivity index (χ0) is 23.7. The molecule has 0 aliphatic heterocycles. The molecule has 2 amide bonds. The summed E-state index contributed by atoms with van der Waals surface area (Å²) in [4.78, 5) is 37.8. The Kier molecular flexibility index (Phi) is 8.83. The predicted octanol–water partition coefficient (Wildman–Crippen LogP) is 3.19. The van der Waals surface area contributed by atoms with Crippen molar-refractivity contribution in [2.24, 2.45) is 0 Å². The van der Waals surface area contributed by atoms with Crippen LogP contribution in [0.5, 0.6) is 0 Å². The van der Waals surface area contributed by atoms with E-state index in [1.54, 1.807) is 12.1 Å². The number of carbonyl (C=O) groups is 3. The molecule has 2 aromatic carbocycles. The van der Waals surface area contributed by atoms with Crippen molar-refractivity contribution < 1.29 is 27.9 Å². The largest absolute Gasteiger partial charge is 0.455 e. The molecule has 0 aliphatic carbocycles.